The minimum Gasteiger partial charge on any atom is -0.398 e. The molecule has 2 aromatic carbocycles. The highest BCUT2D eigenvalue weighted by molar-refractivity contribution is 6.42. The summed E-state index contributed by atoms with van der Waals surface area (Å²) in [7, 11) is 0. The lowest BCUT2D eigenvalue weighted by atomic mass is 10.1. The van der Waals surface area contributed by atoms with Crippen molar-refractivity contribution in [3.63, 3.8) is 0 Å². The third-order valence-electron chi connectivity index (χ3n) is 2.81. The number of hydrogen-bond acceptors (Lipinski definition) is 2. The van der Waals surface area contributed by atoms with Gasteiger partial charge in [0.15, 0.2) is 0 Å². The molecular formula is C14H11Cl3N2O. The number of aryl methyl sites for hydroxylation is 1. The normalized spacial score (nSPS) is 10.4. The maximum atomic E-state index is 12.2. The molecule has 0 heterocycles. The molecule has 0 spiro atoms. The Kier molecular flexibility index (Phi) is 4.43. The van der Waals surface area contributed by atoms with E-state index in [0.717, 1.165) is 5.56 Å². The average molecular weight is 330 g/mol. The minimum absolute atomic E-state index is 0.266. The largest absolute Gasteiger partial charge is 0.398 e. The molecule has 3 N–H and O–H groups in total. The smallest absolute Gasteiger partial charge is 0.257 e. The van der Waals surface area contributed by atoms with Gasteiger partial charge >= 0.3 is 0 Å². The van der Waals surface area contributed by atoms with Crippen LogP contribution < -0.4 is 11.1 Å². The zero-order valence-corrected chi connectivity index (χ0v) is 12.8. The van der Waals surface area contributed by atoms with E-state index in [0.29, 0.717) is 22.0 Å². The van der Waals surface area contributed by atoms with Gasteiger partial charge in [-0.1, -0.05) is 46.9 Å². The van der Waals surface area contributed by atoms with Crippen molar-refractivity contribution in [1.29, 1.82) is 0 Å². The summed E-state index contributed by atoms with van der Waals surface area (Å²) >= 11 is 17.9. The molecule has 1 amide bonds. The van der Waals surface area contributed by atoms with Crippen LogP contribution in [0.4, 0.5) is 11.4 Å². The first-order valence-electron chi connectivity index (χ1n) is 5.71. The molecule has 0 fully saturated rings. The molecule has 0 atom stereocenters. The van der Waals surface area contributed by atoms with E-state index in [4.69, 9.17) is 40.5 Å². The van der Waals surface area contributed by atoms with Crippen molar-refractivity contribution in [3.8, 4) is 0 Å². The first-order chi connectivity index (χ1) is 9.40. The van der Waals surface area contributed by atoms with Crippen molar-refractivity contribution in [2.45, 2.75) is 6.92 Å². The van der Waals surface area contributed by atoms with E-state index in [9.17, 15) is 4.79 Å². The molecular weight excluding hydrogens is 319 g/mol. The molecule has 0 aliphatic carbocycles. The van der Waals surface area contributed by atoms with E-state index >= 15 is 0 Å². The van der Waals surface area contributed by atoms with E-state index in [1.54, 1.807) is 12.1 Å². The number of amides is 1. The van der Waals surface area contributed by atoms with Crippen molar-refractivity contribution in [2.24, 2.45) is 0 Å². The SMILES string of the molecule is Cc1cccc(C(=O)Nc2c(Cl)cc(Cl)cc2Cl)c1N. The molecule has 0 saturated heterocycles. The number of carbonyl (C=O) groups is 1. The highest BCUT2D eigenvalue weighted by Gasteiger charge is 2.15. The lowest BCUT2D eigenvalue weighted by Gasteiger charge is -2.12. The molecule has 0 aliphatic rings. The molecule has 3 nitrogen and oxygen atoms in total. The van der Waals surface area contributed by atoms with E-state index in [2.05, 4.69) is 5.32 Å². The fraction of sp³-hybridized carbons (Fsp3) is 0.0714. The predicted octanol–water partition coefficient (Wildman–Crippen LogP) is 4.79. The Hall–Kier alpha value is -1.42. The van der Waals surface area contributed by atoms with Crippen LogP contribution in [0.15, 0.2) is 30.3 Å². The van der Waals surface area contributed by atoms with Gasteiger partial charge in [0.05, 0.1) is 21.3 Å². The summed E-state index contributed by atoms with van der Waals surface area (Å²) in [4.78, 5) is 12.2. The molecule has 0 unspecified atom stereocenters. The number of anilines is 2. The highest BCUT2D eigenvalue weighted by atomic mass is 35.5. The van der Waals surface area contributed by atoms with Crippen LogP contribution in [-0.4, -0.2) is 5.91 Å². The summed E-state index contributed by atoms with van der Waals surface area (Å²) in [6.07, 6.45) is 0. The van der Waals surface area contributed by atoms with Crippen molar-refractivity contribution in [3.05, 3.63) is 56.5 Å². The van der Waals surface area contributed by atoms with Crippen LogP contribution in [0.25, 0.3) is 0 Å². The summed E-state index contributed by atoms with van der Waals surface area (Å²) < 4.78 is 0. The number of hydrogen-bond donors (Lipinski definition) is 2. The van der Waals surface area contributed by atoms with E-state index in [1.807, 2.05) is 13.0 Å². The Morgan fingerprint density at radius 3 is 2.35 bits per heavy atom. The summed E-state index contributed by atoms with van der Waals surface area (Å²) in [6, 6.07) is 8.23. The molecule has 0 aliphatic heterocycles. The molecule has 0 radical (unpaired) electrons. The quantitative estimate of drug-likeness (QED) is 0.778. The summed E-state index contributed by atoms with van der Waals surface area (Å²) in [5.74, 6) is -0.377. The van der Waals surface area contributed by atoms with Crippen LogP contribution in [-0.2, 0) is 0 Å². The second kappa shape index (κ2) is 5.92. The number of carbonyl (C=O) groups excluding carboxylic acids is 1. The number of rotatable bonds is 2. The van der Waals surface area contributed by atoms with Gasteiger partial charge in [-0.05, 0) is 30.7 Å². The monoisotopic (exact) mass is 328 g/mol. The number of benzene rings is 2. The predicted molar refractivity (Wildman–Crippen MR) is 85.0 cm³/mol. The van der Waals surface area contributed by atoms with Crippen LogP contribution in [0.2, 0.25) is 15.1 Å². The first-order valence-corrected chi connectivity index (χ1v) is 6.84. The molecule has 0 saturated carbocycles. The van der Waals surface area contributed by atoms with Gasteiger partial charge in [0.2, 0.25) is 0 Å². The number of nitrogens with one attached hydrogen (secondary N) is 1. The van der Waals surface area contributed by atoms with Crippen LogP contribution >= 0.6 is 34.8 Å². The van der Waals surface area contributed by atoms with Gasteiger partial charge in [0.25, 0.3) is 5.91 Å². The topological polar surface area (TPSA) is 55.1 Å². The molecule has 2 aromatic rings. The fourth-order valence-corrected chi connectivity index (χ4v) is 2.63. The van der Waals surface area contributed by atoms with Gasteiger partial charge in [0, 0.05) is 10.7 Å². The van der Waals surface area contributed by atoms with Gasteiger partial charge in [0.1, 0.15) is 0 Å². The van der Waals surface area contributed by atoms with Crippen molar-refractivity contribution in [2.75, 3.05) is 11.1 Å². The van der Waals surface area contributed by atoms with Gasteiger partial charge in [-0.15, -0.1) is 0 Å². The zero-order chi connectivity index (χ0) is 14.9. The van der Waals surface area contributed by atoms with Crippen molar-refractivity contribution < 1.29 is 4.79 Å². The molecule has 104 valence electrons. The third-order valence-corrected chi connectivity index (χ3v) is 3.63. The molecule has 6 heteroatoms. The average Bonchev–Trinajstić information content (AvgIpc) is 2.36. The van der Waals surface area contributed by atoms with Crippen LogP contribution in [0.3, 0.4) is 0 Å². The van der Waals surface area contributed by atoms with Gasteiger partial charge in [-0.3, -0.25) is 4.79 Å². The minimum atomic E-state index is -0.377. The van der Waals surface area contributed by atoms with Gasteiger partial charge in [-0.2, -0.15) is 0 Å². The van der Waals surface area contributed by atoms with Crippen LogP contribution in [0.5, 0.6) is 0 Å². The maximum absolute atomic E-state index is 12.2. The Balaban J connectivity index is 2.36. The van der Waals surface area contributed by atoms with Crippen LogP contribution in [0.1, 0.15) is 15.9 Å². The van der Waals surface area contributed by atoms with Crippen LogP contribution in [0, 0.1) is 6.92 Å². The number of halogens is 3. The van der Waals surface area contributed by atoms with Crippen molar-refractivity contribution in [1.82, 2.24) is 0 Å². The Morgan fingerprint density at radius 2 is 1.75 bits per heavy atom. The zero-order valence-electron chi connectivity index (χ0n) is 10.5. The lowest BCUT2D eigenvalue weighted by molar-refractivity contribution is 0.102. The maximum Gasteiger partial charge on any atom is 0.257 e. The molecule has 0 bridgehead atoms. The van der Waals surface area contributed by atoms with E-state index < -0.39 is 0 Å². The standard InChI is InChI=1S/C14H11Cl3N2O/c1-7-3-2-4-9(12(7)18)14(20)19-13-10(16)5-8(15)6-11(13)17/h2-6H,18H2,1H3,(H,19,20). The Labute approximate surface area is 131 Å². The Morgan fingerprint density at radius 1 is 1.15 bits per heavy atom. The number of nitrogens with two attached hydrogens (primary N) is 1. The summed E-state index contributed by atoms with van der Waals surface area (Å²) in [6.45, 7) is 1.83. The summed E-state index contributed by atoms with van der Waals surface area (Å²) in [5.41, 5.74) is 7.81. The fourth-order valence-electron chi connectivity index (χ4n) is 1.72. The lowest BCUT2D eigenvalue weighted by Crippen LogP contribution is -2.15. The molecule has 0 aromatic heterocycles. The number of nitrogen functional groups attached to an aromatic ring is 1. The van der Waals surface area contributed by atoms with E-state index in [-0.39, 0.29) is 16.0 Å². The van der Waals surface area contributed by atoms with E-state index in [1.165, 1.54) is 12.1 Å². The van der Waals surface area contributed by atoms with Crippen molar-refractivity contribution >= 4 is 52.1 Å². The second-order valence-electron chi connectivity index (χ2n) is 4.23. The van der Waals surface area contributed by atoms with Gasteiger partial charge < -0.3 is 11.1 Å². The van der Waals surface area contributed by atoms with Gasteiger partial charge in [-0.25, -0.2) is 0 Å². The Bertz CT molecular complexity index is 663. The number of para-hydroxylation sites is 1. The first kappa shape index (κ1) is 15.0. The molecule has 2 rings (SSSR count). The summed E-state index contributed by atoms with van der Waals surface area (Å²) in [5, 5.41) is 3.58. The molecule has 20 heavy (non-hydrogen) atoms. The second-order valence-corrected chi connectivity index (χ2v) is 5.49. The third kappa shape index (κ3) is 3.01. The highest BCUT2D eigenvalue weighted by Crippen LogP contribution is 2.34.